The van der Waals surface area contributed by atoms with Gasteiger partial charge in [0.25, 0.3) is 0 Å². The van der Waals surface area contributed by atoms with E-state index in [4.69, 9.17) is 15.2 Å². The zero-order valence-corrected chi connectivity index (χ0v) is 6.57. The molecule has 0 aromatic heterocycles. The number of halogens is 1. The summed E-state index contributed by atoms with van der Waals surface area (Å²) in [5.41, 5.74) is 4.38. The Labute approximate surface area is 74.0 Å². The predicted molar refractivity (Wildman–Crippen MR) is 43.3 cm³/mol. The van der Waals surface area contributed by atoms with Crippen molar-refractivity contribution in [3.63, 3.8) is 0 Å². The molecule has 0 bridgehead atoms. The molecule has 0 heterocycles. The molecule has 0 unspecified atom stereocenters. The van der Waals surface area contributed by atoms with E-state index in [1.54, 1.807) is 6.07 Å². The average molecular weight is 182 g/mol. The number of nitriles is 1. The highest BCUT2D eigenvalue weighted by molar-refractivity contribution is 5.61. The van der Waals surface area contributed by atoms with Gasteiger partial charge in [-0.3, -0.25) is 0 Å². The van der Waals surface area contributed by atoms with Gasteiger partial charge in [-0.2, -0.15) is 5.26 Å². The molecule has 1 aromatic carbocycles. The average Bonchev–Trinajstić information content (AvgIpc) is 2.03. The van der Waals surface area contributed by atoms with Gasteiger partial charge in [0, 0.05) is 0 Å². The fourth-order valence-electron chi connectivity index (χ4n) is 0.558. The number of carboxylic acid groups (broad SMARTS) is 1. The van der Waals surface area contributed by atoms with Crippen LogP contribution in [0.15, 0.2) is 24.3 Å². The molecule has 0 saturated carbocycles. The molecule has 0 atom stereocenters. The monoisotopic (exact) mass is 182 g/mol. The predicted octanol–water partition coefficient (Wildman–Crippen LogP) is 1.32. The van der Waals surface area contributed by atoms with Crippen LogP contribution in [0, 0.1) is 17.1 Å². The number of hydrogen-bond donors (Lipinski definition) is 2. The van der Waals surface area contributed by atoms with Crippen LogP contribution in [-0.4, -0.2) is 11.2 Å². The topological polar surface area (TPSA) is 87.1 Å². The number of rotatable bonds is 0. The van der Waals surface area contributed by atoms with Crippen LogP contribution in [0.4, 0.5) is 9.18 Å². The van der Waals surface area contributed by atoms with Crippen molar-refractivity contribution >= 4 is 6.09 Å². The van der Waals surface area contributed by atoms with Crippen LogP contribution in [-0.2, 0) is 0 Å². The van der Waals surface area contributed by atoms with E-state index in [0.717, 1.165) is 0 Å². The maximum absolute atomic E-state index is 12.2. The quantitative estimate of drug-likeness (QED) is 0.634. The molecule has 0 aliphatic rings. The van der Waals surface area contributed by atoms with Crippen molar-refractivity contribution in [1.82, 2.24) is 0 Å². The second-order valence-electron chi connectivity index (χ2n) is 1.96. The molecule has 0 spiro atoms. The molecule has 13 heavy (non-hydrogen) atoms. The molecule has 3 N–H and O–H groups in total. The molecular weight excluding hydrogens is 175 g/mol. The van der Waals surface area contributed by atoms with Crippen molar-refractivity contribution < 1.29 is 14.3 Å². The molecule has 5 heteroatoms. The van der Waals surface area contributed by atoms with Gasteiger partial charge in [0.05, 0.1) is 11.6 Å². The van der Waals surface area contributed by atoms with Crippen LogP contribution in [0.3, 0.4) is 0 Å². The van der Waals surface area contributed by atoms with E-state index in [-0.39, 0.29) is 5.82 Å². The number of nitrogens with zero attached hydrogens (tertiary/aromatic N) is 1. The SMILES string of the molecule is N#Cc1cccc(F)c1.NC(=O)O. The van der Waals surface area contributed by atoms with Crippen molar-refractivity contribution in [2.75, 3.05) is 0 Å². The first-order chi connectivity index (χ1) is 6.06. The Morgan fingerprint density at radius 1 is 1.62 bits per heavy atom. The molecule has 0 fully saturated rings. The van der Waals surface area contributed by atoms with Gasteiger partial charge in [0.1, 0.15) is 5.82 Å². The van der Waals surface area contributed by atoms with E-state index in [0.29, 0.717) is 5.56 Å². The van der Waals surface area contributed by atoms with Crippen molar-refractivity contribution in [2.45, 2.75) is 0 Å². The third-order valence-electron chi connectivity index (χ3n) is 0.954. The zero-order valence-electron chi connectivity index (χ0n) is 6.57. The van der Waals surface area contributed by atoms with Gasteiger partial charge in [0.2, 0.25) is 0 Å². The standard InChI is InChI=1S/C7H4FN.CH3NO2/c8-7-3-1-2-6(4-7)5-9;2-1(3)4/h1-4H;2H2,(H,3,4). The smallest absolute Gasteiger partial charge is 0.402 e. The molecule has 1 amide bonds. The van der Waals surface area contributed by atoms with Crippen molar-refractivity contribution in [3.8, 4) is 6.07 Å². The Balaban J connectivity index is 0.000000310. The van der Waals surface area contributed by atoms with Gasteiger partial charge < -0.3 is 10.8 Å². The number of hydrogen-bond acceptors (Lipinski definition) is 2. The van der Waals surface area contributed by atoms with Crippen LogP contribution >= 0.6 is 0 Å². The third kappa shape index (κ3) is 6.31. The maximum atomic E-state index is 12.2. The highest BCUT2D eigenvalue weighted by Gasteiger charge is 1.89. The van der Waals surface area contributed by atoms with Crippen molar-refractivity contribution in [3.05, 3.63) is 35.6 Å². The summed E-state index contributed by atoms with van der Waals surface area (Å²) in [6.45, 7) is 0. The van der Waals surface area contributed by atoms with Gasteiger partial charge in [-0.25, -0.2) is 9.18 Å². The molecule has 0 saturated heterocycles. The van der Waals surface area contributed by atoms with Crippen molar-refractivity contribution in [1.29, 1.82) is 5.26 Å². The van der Waals surface area contributed by atoms with E-state index >= 15 is 0 Å². The normalized spacial score (nSPS) is 7.69. The fourth-order valence-corrected chi connectivity index (χ4v) is 0.558. The first-order valence-corrected chi connectivity index (χ1v) is 3.20. The number of amides is 1. The summed E-state index contributed by atoms with van der Waals surface area (Å²) < 4.78 is 12.2. The second kappa shape index (κ2) is 5.55. The minimum Gasteiger partial charge on any atom is -0.465 e. The van der Waals surface area contributed by atoms with Gasteiger partial charge in [0.15, 0.2) is 0 Å². The van der Waals surface area contributed by atoms with E-state index in [9.17, 15) is 4.39 Å². The molecule has 68 valence electrons. The maximum Gasteiger partial charge on any atom is 0.402 e. The molecule has 4 nitrogen and oxygen atoms in total. The van der Waals surface area contributed by atoms with E-state index in [2.05, 4.69) is 5.73 Å². The van der Waals surface area contributed by atoms with Gasteiger partial charge in [-0.05, 0) is 18.2 Å². The lowest BCUT2D eigenvalue weighted by atomic mass is 10.2. The Morgan fingerprint density at radius 3 is 2.46 bits per heavy atom. The van der Waals surface area contributed by atoms with Gasteiger partial charge >= 0.3 is 6.09 Å². The fraction of sp³-hybridized carbons (Fsp3) is 0. The number of nitrogens with two attached hydrogens (primary N) is 1. The summed E-state index contributed by atoms with van der Waals surface area (Å²) in [7, 11) is 0. The minimum absolute atomic E-state index is 0.356. The molecule has 0 radical (unpaired) electrons. The molecular formula is C8H7FN2O2. The number of carbonyl (C=O) groups is 1. The van der Waals surface area contributed by atoms with Crippen LogP contribution in [0.5, 0.6) is 0 Å². The van der Waals surface area contributed by atoms with Gasteiger partial charge in [-0.15, -0.1) is 0 Å². The first kappa shape index (κ1) is 10.9. The Hall–Kier alpha value is -2.09. The third-order valence-corrected chi connectivity index (χ3v) is 0.954. The van der Waals surface area contributed by atoms with Gasteiger partial charge in [-0.1, -0.05) is 6.07 Å². The first-order valence-electron chi connectivity index (χ1n) is 3.20. The van der Waals surface area contributed by atoms with Crippen LogP contribution in [0.1, 0.15) is 5.56 Å². The van der Waals surface area contributed by atoms with Crippen LogP contribution in [0.25, 0.3) is 0 Å². The highest BCUT2D eigenvalue weighted by Crippen LogP contribution is 2.00. The van der Waals surface area contributed by atoms with Crippen LogP contribution < -0.4 is 5.73 Å². The minimum atomic E-state index is -1.33. The number of benzene rings is 1. The lowest BCUT2D eigenvalue weighted by Gasteiger charge is -1.85. The van der Waals surface area contributed by atoms with E-state index in [1.165, 1.54) is 18.2 Å². The summed E-state index contributed by atoms with van der Waals surface area (Å²) in [6, 6.07) is 7.40. The summed E-state index contributed by atoms with van der Waals surface area (Å²) >= 11 is 0. The van der Waals surface area contributed by atoms with E-state index in [1.807, 2.05) is 6.07 Å². The van der Waals surface area contributed by atoms with E-state index < -0.39 is 6.09 Å². The number of primary amides is 1. The summed E-state index contributed by atoms with van der Waals surface area (Å²) in [6.07, 6.45) is -1.33. The lowest BCUT2D eigenvalue weighted by Crippen LogP contribution is -2.03. The molecule has 1 rings (SSSR count). The molecule has 0 aliphatic heterocycles. The van der Waals surface area contributed by atoms with Crippen molar-refractivity contribution in [2.24, 2.45) is 5.73 Å². The zero-order chi connectivity index (χ0) is 10.3. The summed E-state index contributed by atoms with van der Waals surface area (Å²) in [5.74, 6) is -0.367. The Bertz CT molecular complexity index is 329. The Morgan fingerprint density at radius 2 is 2.15 bits per heavy atom. The Kier molecular flexibility index (Phi) is 4.65. The molecule has 1 aromatic rings. The summed E-state index contributed by atoms with van der Waals surface area (Å²) in [5, 5.41) is 15.4. The second-order valence-corrected chi connectivity index (χ2v) is 1.96. The van der Waals surface area contributed by atoms with Crippen LogP contribution in [0.2, 0.25) is 0 Å². The highest BCUT2D eigenvalue weighted by atomic mass is 19.1. The molecule has 0 aliphatic carbocycles. The largest absolute Gasteiger partial charge is 0.465 e. The summed E-state index contributed by atoms with van der Waals surface area (Å²) in [4.78, 5) is 8.78. The lowest BCUT2D eigenvalue weighted by molar-refractivity contribution is 0.205.